The van der Waals surface area contributed by atoms with Gasteiger partial charge in [-0.15, -0.1) is 0 Å². The van der Waals surface area contributed by atoms with Crippen LogP contribution < -0.4 is 0 Å². The van der Waals surface area contributed by atoms with Crippen LogP contribution in [0.5, 0.6) is 0 Å². The predicted molar refractivity (Wildman–Crippen MR) is 79.8 cm³/mol. The zero-order valence-electron chi connectivity index (χ0n) is 12.2. The van der Waals surface area contributed by atoms with Gasteiger partial charge in [0.15, 0.2) is 0 Å². The number of fused-ring (bicyclic) bond motifs is 1. The van der Waals surface area contributed by atoms with Crippen molar-refractivity contribution in [3.63, 3.8) is 0 Å². The molecule has 1 N–H and O–H groups in total. The molecule has 2 amide bonds. The molecule has 2 aromatic carbocycles. The number of carbonyl (C=O) groups excluding carboxylic acids is 2. The monoisotopic (exact) mass is 330 g/mol. The lowest BCUT2D eigenvalue weighted by Crippen LogP contribution is -2.34. The Hall–Kier alpha value is -3.13. The summed E-state index contributed by atoms with van der Waals surface area (Å²) in [5.74, 6) is -2.02. The molecule has 0 saturated heterocycles. The largest absolute Gasteiger partial charge is 0.387 e. The summed E-state index contributed by atoms with van der Waals surface area (Å²) in [4.78, 5) is 35.8. The predicted octanol–water partition coefficient (Wildman–Crippen LogP) is 2.06. The van der Waals surface area contributed by atoms with E-state index in [0.717, 1.165) is 23.1 Å². The number of carbonyl (C=O) groups is 2. The van der Waals surface area contributed by atoms with Crippen LogP contribution in [0.25, 0.3) is 0 Å². The van der Waals surface area contributed by atoms with Crippen molar-refractivity contribution in [1.82, 2.24) is 4.90 Å². The van der Waals surface area contributed by atoms with Crippen molar-refractivity contribution >= 4 is 17.5 Å². The van der Waals surface area contributed by atoms with Crippen LogP contribution in [-0.2, 0) is 0 Å². The number of aliphatic hydroxyl groups excluding tert-OH is 1. The van der Waals surface area contributed by atoms with Gasteiger partial charge in [-0.1, -0.05) is 18.2 Å². The van der Waals surface area contributed by atoms with Crippen molar-refractivity contribution in [3.05, 3.63) is 75.1 Å². The van der Waals surface area contributed by atoms with Crippen molar-refractivity contribution in [2.75, 3.05) is 6.54 Å². The average Bonchev–Trinajstić information content (AvgIpc) is 2.80. The van der Waals surface area contributed by atoms with Crippen LogP contribution in [0.3, 0.4) is 0 Å². The highest BCUT2D eigenvalue weighted by atomic mass is 19.1. The number of amides is 2. The first-order chi connectivity index (χ1) is 11.4. The maximum atomic E-state index is 12.9. The quantitative estimate of drug-likeness (QED) is 0.525. The molecule has 1 aliphatic heterocycles. The third-order valence-corrected chi connectivity index (χ3v) is 3.78. The normalized spacial score (nSPS) is 14.7. The topological polar surface area (TPSA) is 101 Å². The number of halogens is 1. The van der Waals surface area contributed by atoms with E-state index in [9.17, 15) is 29.2 Å². The van der Waals surface area contributed by atoms with Gasteiger partial charge in [-0.25, -0.2) is 4.39 Å². The molecule has 0 aromatic heterocycles. The van der Waals surface area contributed by atoms with E-state index in [1.54, 1.807) is 0 Å². The first kappa shape index (κ1) is 15.8. The Bertz CT molecular complexity index is 850. The zero-order chi connectivity index (χ0) is 17.4. The number of nitro groups is 1. The minimum Gasteiger partial charge on any atom is -0.387 e. The van der Waals surface area contributed by atoms with Gasteiger partial charge >= 0.3 is 0 Å². The first-order valence-corrected chi connectivity index (χ1v) is 6.97. The van der Waals surface area contributed by atoms with Crippen LogP contribution in [0.4, 0.5) is 10.1 Å². The van der Waals surface area contributed by atoms with Crippen LogP contribution >= 0.6 is 0 Å². The van der Waals surface area contributed by atoms with Crippen LogP contribution in [0.1, 0.15) is 32.4 Å². The molecule has 1 heterocycles. The summed E-state index contributed by atoms with van der Waals surface area (Å²) in [6.07, 6.45) is -1.23. The highest BCUT2D eigenvalue weighted by molar-refractivity contribution is 6.23. The van der Waals surface area contributed by atoms with Gasteiger partial charge in [-0.3, -0.25) is 24.6 Å². The lowest BCUT2D eigenvalue weighted by atomic mass is 10.1. The number of hydrogen-bond acceptors (Lipinski definition) is 5. The summed E-state index contributed by atoms with van der Waals surface area (Å²) in [7, 11) is 0. The van der Waals surface area contributed by atoms with E-state index < -0.39 is 34.3 Å². The van der Waals surface area contributed by atoms with Gasteiger partial charge in [-0.05, 0) is 23.8 Å². The smallest absolute Gasteiger partial charge is 0.282 e. The molecule has 0 fully saturated rings. The minimum atomic E-state index is -1.23. The van der Waals surface area contributed by atoms with E-state index in [1.807, 2.05) is 0 Å². The molecule has 3 rings (SSSR count). The number of β-amino-alcohol motifs (C(OH)–C–C–N with tert-alkyl or cyclic N) is 1. The van der Waals surface area contributed by atoms with Gasteiger partial charge in [0, 0.05) is 6.07 Å². The molecule has 0 saturated carbocycles. The molecule has 0 bridgehead atoms. The molecule has 0 unspecified atom stereocenters. The molecule has 0 spiro atoms. The molecule has 24 heavy (non-hydrogen) atoms. The van der Waals surface area contributed by atoms with Crippen molar-refractivity contribution in [2.24, 2.45) is 0 Å². The van der Waals surface area contributed by atoms with Gasteiger partial charge in [0.05, 0.1) is 23.1 Å². The number of imide groups is 1. The molecular weight excluding hydrogens is 319 g/mol. The van der Waals surface area contributed by atoms with E-state index in [1.165, 1.54) is 24.3 Å². The fraction of sp³-hybridized carbons (Fsp3) is 0.125. The Kier molecular flexibility index (Phi) is 3.82. The maximum absolute atomic E-state index is 12.9. The Morgan fingerprint density at radius 1 is 1.12 bits per heavy atom. The third-order valence-electron chi connectivity index (χ3n) is 3.78. The Balaban J connectivity index is 1.90. The Morgan fingerprint density at radius 3 is 2.42 bits per heavy atom. The average molecular weight is 330 g/mol. The zero-order valence-corrected chi connectivity index (χ0v) is 12.2. The van der Waals surface area contributed by atoms with E-state index in [2.05, 4.69) is 0 Å². The van der Waals surface area contributed by atoms with E-state index >= 15 is 0 Å². The van der Waals surface area contributed by atoms with Gasteiger partial charge in [0.25, 0.3) is 17.5 Å². The number of benzene rings is 2. The molecule has 2 aromatic rings. The van der Waals surface area contributed by atoms with Crippen molar-refractivity contribution in [3.8, 4) is 0 Å². The number of aliphatic hydroxyl groups is 1. The molecular formula is C16H11FN2O5. The second-order valence-corrected chi connectivity index (χ2v) is 5.25. The summed E-state index contributed by atoms with van der Waals surface area (Å²) < 4.78 is 12.9. The lowest BCUT2D eigenvalue weighted by Gasteiger charge is -2.18. The standard InChI is InChI=1S/C16H11FN2O5/c17-10-6-4-9(5-7-10)13(20)8-18-15(21)11-2-1-3-12(19(23)24)14(11)16(18)22/h1-7,13,20H,8H2/t13-/m1/s1. The third kappa shape index (κ3) is 2.52. The van der Waals surface area contributed by atoms with Crippen LogP contribution in [0.2, 0.25) is 0 Å². The Morgan fingerprint density at radius 2 is 1.79 bits per heavy atom. The molecule has 0 aliphatic carbocycles. The summed E-state index contributed by atoms with van der Waals surface area (Å²) in [5, 5.41) is 21.2. The second-order valence-electron chi connectivity index (χ2n) is 5.25. The molecule has 1 aliphatic rings. The van der Waals surface area contributed by atoms with Gasteiger partial charge in [-0.2, -0.15) is 0 Å². The number of rotatable bonds is 4. The van der Waals surface area contributed by atoms with Crippen LogP contribution in [0, 0.1) is 15.9 Å². The fourth-order valence-electron chi connectivity index (χ4n) is 2.60. The summed E-state index contributed by atoms with van der Waals surface area (Å²) in [6, 6.07) is 8.75. The van der Waals surface area contributed by atoms with Crippen molar-refractivity contribution in [2.45, 2.75) is 6.10 Å². The molecule has 8 heteroatoms. The molecule has 7 nitrogen and oxygen atoms in total. The van der Waals surface area contributed by atoms with E-state index in [0.29, 0.717) is 5.56 Å². The highest BCUT2D eigenvalue weighted by Crippen LogP contribution is 2.31. The molecule has 0 radical (unpaired) electrons. The molecule has 1 atom stereocenters. The maximum Gasteiger partial charge on any atom is 0.282 e. The molecule has 122 valence electrons. The van der Waals surface area contributed by atoms with E-state index in [-0.39, 0.29) is 17.7 Å². The van der Waals surface area contributed by atoms with Crippen LogP contribution in [0.15, 0.2) is 42.5 Å². The number of nitrogens with zero attached hydrogens (tertiary/aromatic N) is 2. The highest BCUT2D eigenvalue weighted by Gasteiger charge is 2.41. The van der Waals surface area contributed by atoms with E-state index in [4.69, 9.17) is 0 Å². The van der Waals surface area contributed by atoms with Crippen LogP contribution in [-0.4, -0.2) is 33.3 Å². The minimum absolute atomic E-state index is 0.0690. The summed E-state index contributed by atoms with van der Waals surface area (Å²) in [6.45, 7) is -0.380. The lowest BCUT2D eigenvalue weighted by molar-refractivity contribution is -0.385. The second kappa shape index (κ2) is 5.82. The van der Waals surface area contributed by atoms with Gasteiger partial charge in [0.2, 0.25) is 0 Å². The number of nitro benzene ring substituents is 1. The van der Waals surface area contributed by atoms with Gasteiger partial charge < -0.3 is 5.11 Å². The first-order valence-electron chi connectivity index (χ1n) is 6.97. The Labute approximate surface area is 135 Å². The van der Waals surface area contributed by atoms with Gasteiger partial charge in [0.1, 0.15) is 11.4 Å². The SMILES string of the molecule is O=C1c2cccc([N+](=O)[O-])c2C(=O)N1C[C@@H](O)c1ccc(F)cc1. The number of hydrogen-bond donors (Lipinski definition) is 1. The summed E-state index contributed by atoms with van der Waals surface area (Å²) >= 11 is 0. The van der Waals surface area contributed by atoms with Crippen molar-refractivity contribution in [1.29, 1.82) is 0 Å². The summed E-state index contributed by atoms with van der Waals surface area (Å²) in [5.41, 5.74) is -0.480. The van der Waals surface area contributed by atoms with Crippen molar-refractivity contribution < 1.29 is 24.0 Å². The fourth-order valence-corrected chi connectivity index (χ4v) is 2.60.